The van der Waals surface area contributed by atoms with Crippen LogP contribution in [0.3, 0.4) is 0 Å². The summed E-state index contributed by atoms with van der Waals surface area (Å²) in [6, 6.07) is 0. The highest BCUT2D eigenvalue weighted by molar-refractivity contribution is 8.59. The third-order valence-corrected chi connectivity index (χ3v) is 2.20. The molecular formula is C10H24S2. The average molecular weight is 208 g/mol. The van der Waals surface area contributed by atoms with E-state index in [1.54, 1.807) is 0 Å². The second-order valence-electron chi connectivity index (χ2n) is 3.38. The summed E-state index contributed by atoms with van der Waals surface area (Å²) >= 11 is 6.44. The van der Waals surface area contributed by atoms with Crippen LogP contribution in [0.25, 0.3) is 0 Å². The van der Waals surface area contributed by atoms with Gasteiger partial charge in [0, 0.05) is 0 Å². The van der Waals surface area contributed by atoms with Gasteiger partial charge < -0.3 is 0 Å². The third kappa shape index (κ3) is 8.79. The fourth-order valence-electron chi connectivity index (χ4n) is 1.74. The van der Waals surface area contributed by atoms with Crippen molar-refractivity contribution >= 4 is 23.3 Å². The molecule has 1 aliphatic rings. The van der Waals surface area contributed by atoms with E-state index in [0.29, 0.717) is 0 Å². The van der Waals surface area contributed by atoms with Crippen molar-refractivity contribution in [1.82, 2.24) is 0 Å². The third-order valence-electron chi connectivity index (χ3n) is 2.20. The highest BCUT2D eigenvalue weighted by Crippen LogP contribution is 2.27. The van der Waals surface area contributed by atoms with E-state index < -0.39 is 0 Å². The van der Waals surface area contributed by atoms with Gasteiger partial charge in [-0.25, -0.2) is 0 Å². The highest BCUT2D eigenvalue weighted by atomic mass is 33.1. The van der Waals surface area contributed by atoms with Gasteiger partial charge in [-0.15, -0.1) is 23.3 Å². The van der Waals surface area contributed by atoms with Crippen LogP contribution in [0, 0.1) is 11.8 Å². The Morgan fingerprint density at radius 3 is 1.42 bits per heavy atom. The van der Waals surface area contributed by atoms with Gasteiger partial charge in [0.15, 0.2) is 0 Å². The molecule has 0 aromatic carbocycles. The van der Waals surface area contributed by atoms with Crippen LogP contribution in [0.4, 0.5) is 0 Å². The molecule has 76 valence electrons. The number of rotatable bonds is 0. The lowest BCUT2D eigenvalue weighted by atomic mass is 9.84. The summed E-state index contributed by atoms with van der Waals surface area (Å²) in [5, 5.41) is 0. The molecule has 2 heteroatoms. The topological polar surface area (TPSA) is 0 Å². The Bertz CT molecular complexity index is 66.2. The Hall–Kier alpha value is 0.700. The molecule has 0 radical (unpaired) electrons. The van der Waals surface area contributed by atoms with Crippen molar-refractivity contribution in [3.05, 3.63) is 0 Å². The molecule has 0 saturated heterocycles. The van der Waals surface area contributed by atoms with Crippen molar-refractivity contribution in [2.45, 2.75) is 53.4 Å². The van der Waals surface area contributed by atoms with Gasteiger partial charge in [0.1, 0.15) is 0 Å². The fourth-order valence-corrected chi connectivity index (χ4v) is 1.74. The zero-order valence-electron chi connectivity index (χ0n) is 8.88. The lowest BCUT2D eigenvalue weighted by molar-refractivity contribution is 0.301. The first-order valence-electron chi connectivity index (χ1n) is 4.99. The van der Waals surface area contributed by atoms with Crippen LogP contribution >= 0.6 is 23.3 Å². The van der Waals surface area contributed by atoms with Crippen LogP contribution in [-0.2, 0) is 0 Å². The first-order valence-corrected chi connectivity index (χ1v) is 6.59. The minimum absolute atomic E-state index is 1.01. The Morgan fingerprint density at radius 2 is 1.25 bits per heavy atom. The summed E-state index contributed by atoms with van der Waals surface area (Å²) in [5.74, 6) is 2.03. The van der Waals surface area contributed by atoms with Crippen molar-refractivity contribution in [2.75, 3.05) is 0 Å². The van der Waals surface area contributed by atoms with Crippen molar-refractivity contribution in [2.24, 2.45) is 11.8 Å². The normalized spacial score (nSPS) is 27.5. The first-order chi connectivity index (χ1) is 5.79. The molecule has 0 aromatic heterocycles. The zero-order chi connectivity index (χ0) is 9.98. The summed E-state index contributed by atoms with van der Waals surface area (Å²) in [6.45, 7) is 8.74. The smallest absolute Gasteiger partial charge is 0.0440 e. The number of thiol groups is 2. The molecule has 0 bridgehead atoms. The largest absolute Gasteiger partial charge is 0.115 e. The fraction of sp³-hybridized carbons (Fsp3) is 1.00. The van der Waals surface area contributed by atoms with E-state index in [1.165, 1.54) is 25.7 Å². The zero-order valence-corrected chi connectivity index (χ0v) is 10.7. The van der Waals surface area contributed by atoms with Crippen LogP contribution in [0.5, 0.6) is 0 Å². The second-order valence-corrected chi connectivity index (χ2v) is 3.38. The van der Waals surface area contributed by atoms with Gasteiger partial charge in [0.05, 0.1) is 0 Å². The molecule has 0 amide bonds. The molecule has 1 rings (SSSR count). The molecule has 2 unspecified atom stereocenters. The van der Waals surface area contributed by atoms with E-state index in [0.717, 1.165) is 11.8 Å². The van der Waals surface area contributed by atoms with Crippen molar-refractivity contribution in [3.63, 3.8) is 0 Å². The molecule has 0 heterocycles. The summed E-state index contributed by atoms with van der Waals surface area (Å²) in [6.07, 6.45) is 5.90. The summed E-state index contributed by atoms with van der Waals surface area (Å²) < 4.78 is 0. The minimum Gasteiger partial charge on any atom is -0.115 e. The summed E-state index contributed by atoms with van der Waals surface area (Å²) in [7, 11) is 0. The second kappa shape index (κ2) is 11.7. The lowest BCUT2D eigenvalue weighted by Gasteiger charge is -2.22. The minimum atomic E-state index is 1.01. The van der Waals surface area contributed by atoms with Crippen LogP contribution in [0.2, 0.25) is 0 Å². The number of hydrogen-bond acceptors (Lipinski definition) is 2. The summed E-state index contributed by atoms with van der Waals surface area (Å²) in [5.41, 5.74) is 0. The van der Waals surface area contributed by atoms with Crippen LogP contribution < -0.4 is 0 Å². The quantitative estimate of drug-likeness (QED) is 0.421. The molecule has 0 nitrogen and oxygen atoms in total. The standard InChI is InChI=1S/C8H16.C2H6.H2S2/c1-7-4-3-5-8(2)6-7;2*1-2/h7-8H,3-6H2,1-2H3;1-2H3;1-2H. The predicted octanol–water partition coefficient (Wildman–Crippen LogP) is 4.62. The van der Waals surface area contributed by atoms with Gasteiger partial charge >= 0.3 is 0 Å². The molecule has 12 heavy (non-hydrogen) atoms. The van der Waals surface area contributed by atoms with Crippen molar-refractivity contribution < 1.29 is 0 Å². The SMILES string of the molecule is CC.CC1CCCC(C)C1.SS. The van der Waals surface area contributed by atoms with E-state index in [9.17, 15) is 0 Å². The molecule has 2 atom stereocenters. The van der Waals surface area contributed by atoms with Gasteiger partial charge in [-0.1, -0.05) is 47.0 Å². The molecular weight excluding hydrogens is 184 g/mol. The van der Waals surface area contributed by atoms with E-state index in [1.807, 2.05) is 13.8 Å². The highest BCUT2D eigenvalue weighted by Gasteiger charge is 2.13. The molecule has 1 saturated carbocycles. The number of hydrogen-bond donors (Lipinski definition) is 2. The van der Waals surface area contributed by atoms with Gasteiger partial charge in [-0.2, -0.15) is 0 Å². The molecule has 0 aliphatic heterocycles. The van der Waals surface area contributed by atoms with Crippen molar-refractivity contribution in [3.8, 4) is 0 Å². The molecule has 0 spiro atoms. The Kier molecular flexibility index (Phi) is 14.8. The molecule has 1 aliphatic carbocycles. The monoisotopic (exact) mass is 208 g/mol. The van der Waals surface area contributed by atoms with Gasteiger partial charge in [-0.3, -0.25) is 0 Å². The lowest BCUT2D eigenvalue weighted by Crippen LogP contribution is -2.09. The molecule has 1 fully saturated rings. The predicted molar refractivity (Wildman–Crippen MR) is 66.1 cm³/mol. The Balaban J connectivity index is 0. The van der Waals surface area contributed by atoms with E-state index in [-0.39, 0.29) is 0 Å². The van der Waals surface area contributed by atoms with Gasteiger partial charge in [-0.05, 0) is 18.3 Å². The van der Waals surface area contributed by atoms with Crippen LogP contribution in [-0.4, -0.2) is 0 Å². The van der Waals surface area contributed by atoms with Crippen LogP contribution in [0.1, 0.15) is 53.4 Å². The summed E-state index contributed by atoms with van der Waals surface area (Å²) in [4.78, 5) is 0. The van der Waals surface area contributed by atoms with Gasteiger partial charge in [0.2, 0.25) is 0 Å². The maximum Gasteiger partial charge on any atom is -0.0440 e. The first kappa shape index (κ1) is 15.2. The Labute approximate surface area is 88.7 Å². The maximum absolute atomic E-state index is 3.22. The molecule has 0 aromatic rings. The molecule has 0 N–H and O–H groups in total. The maximum atomic E-state index is 3.22. The Morgan fingerprint density at radius 1 is 0.917 bits per heavy atom. The van der Waals surface area contributed by atoms with E-state index >= 15 is 0 Å². The van der Waals surface area contributed by atoms with Gasteiger partial charge in [0.25, 0.3) is 0 Å². The van der Waals surface area contributed by atoms with E-state index in [2.05, 4.69) is 37.2 Å². The van der Waals surface area contributed by atoms with Crippen molar-refractivity contribution in [1.29, 1.82) is 0 Å². The van der Waals surface area contributed by atoms with Crippen LogP contribution in [0.15, 0.2) is 0 Å². The van der Waals surface area contributed by atoms with E-state index in [4.69, 9.17) is 0 Å². The average Bonchev–Trinajstić information content (AvgIpc) is 2.11.